The van der Waals surface area contributed by atoms with Gasteiger partial charge in [-0.3, -0.25) is 4.90 Å². The number of ether oxygens (including phenoxy) is 3. The molecule has 1 N–H and O–H groups in total. The Bertz CT molecular complexity index is 712. The van der Waals surface area contributed by atoms with Gasteiger partial charge in [-0.15, -0.1) is 0 Å². The molecule has 1 atom stereocenters. The zero-order valence-corrected chi connectivity index (χ0v) is 17.3. The largest absolute Gasteiger partial charge is 0.460 e. The Hall–Kier alpha value is -2.38. The number of hydrogen-bond donors (Lipinski definition) is 1. The van der Waals surface area contributed by atoms with Crippen molar-refractivity contribution < 1.29 is 23.8 Å². The fourth-order valence-electron chi connectivity index (χ4n) is 3.12. The third-order valence-electron chi connectivity index (χ3n) is 4.79. The third kappa shape index (κ3) is 5.11. The van der Waals surface area contributed by atoms with Crippen LogP contribution < -0.4 is 5.32 Å². The average Bonchev–Trinajstić information content (AvgIpc) is 2.67. The Kier molecular flexibility index (Phi) is 8.02. The Morgan fingerprint density at radius 1 is 1.11 bits per heavy atom. The highest BCUT2D eigenvalue weighted by Gasteiger charge is 2.36. The van der Waals surface area contributed by atoms with E-state index in [0.717, 1.165) is 5.56 Å². The summed E-state index contributed by atoms with van der Waals surface area (Å²) in [6, 6.07) is 7.10. The molecule has 1 aromatic rings. The van der Waals surface area contributed by atoms with E-state index in [1.165, 1.54) is 10.5 Å². The molecule has 0 saturated heterocycles. The first-order valence-electron chi connectivity index (χ1n) is 9.44. The van der Waals surface area contributed by atoms with Gasteiger partial charge in [0.25, 0.3) is 0 Å². The van der Waals surface area contributed by atoms with Crippen molar-refractivity contribution in [3.05, 3.63) is 46.7 Å². The van der Waals surface area contributed by atoms with Crippen LogP contribution in [0.2, 0.25) is 0 Å². The highest BCUT2D eigenvalue weighted by atomic mass is 16.6. The van der Waals surface area contributed by atoms with E-state index in [0.29, 0.717) is 36.9 Å². The molecule has 0 spiro atoms. The number of allylic oxidation sites excluding steroid dienone is 1. The van der Waals surface area contributed by atoms with Crippen molar-refractivity contribution in [2.24, 2.45) is 0 Å². The van der Waals surface area contributed by atoms with Crippen LogP contribution in [-0.2, 0) is 19.0 Å². The number of benzene rings is 1. The van der Waals surface area contributed by atoms with Gasteiger partial charge in [0.1, 0.15) is 6.61 Å². The molecule has 1 aliphatic heterocycles. The SMILES string of the molecule is COCCOC(=O)C1=C(C)N(CCOC)C(=O)NC1c1ccc(C(C)C)cc1. The van der Waals surface area contributed by atoms with Gasteiger partial charge in [0, 0.05) is 19.9 Å². The fraction of sp³-hybridized carbons (Fsp3) is 0.524. The molecule has 1 unspecified atom stereocenters. The molecular weight excluding hydrogens is 360 g/mol. The molecule has 7 heteroatoms. The Morgan fingerprint density at radius 2 is 1.75 bits per heavy atom. The minimum atomic E-state index is -0.567. The summed E-state index contributed by atoms with van der Waals surface area (Å²) in [4.78, 5) is 27.0. The molecule has 2 amide bonds. The number of amides is 2. The second-order valence-corrected chi connectivity index (χ2v) is 6.98. The summed E-state index contributed by atoms with van der Waals surface area (Å²) in [5.41, 5.74) is 3.02. The van der Waals surface area contributed by atoms with Crippen molar-refractivity contribution in [3.8, 4) is 0 Å². The van der Waals surface area contributed by atoms with E-state index in [9.17, 15) is 9.59 Å². The lowest BCUT2D eigenvalue weighted by Crippen LogP contribution is -2.49. The van der Waals surface area contributed by atoms with Crippen LogP contribution in [-0.4, -0.2) is 57.5 Å². The lowest BCUT2D eigenvalue weighted by molar-refractivity contribution is -0.140. The summed E-state index contributed by atoms with van der Waals surface area (Å²) in [6.45, 7) is 7.17. The molecular formula is C21H30N2O5. The van der Waals surface area contributed by atoms with E-state index in [-0.39, 0.29) is 12.6 Å². The normalized spacial score (nSPS) is 17.1. The molecule has 0 aliphatic carbocycles. The highest BCUT2D eigenvalue weighted by Crippen LogP contribution is 2.32. The molecule has 0 fully saturated rings. The van der Waals surface area contributed by atoms with Gasteiger partial charge in [-0.2, -0.15) is 0 Å². The highest BCUT2D eigenvalue weighted by molar-refractivity contribution is 5.95. The number of urea groups is 1. The van der Waals surface area contributed by atoms with Gasteiger partial charge in [-0.25, -0.2) is 9.59 Å². The topological polar surface area (TPSA) is 77.1 Å². The van der Waals surface area contributed by atoms with Gasteiger partial charge in [-0.1, -0.05) is 38.1 Å². The minimum absolute atomic E-state index is 0.150. The maximum Gasteiger partial charge on any atom is 0.338 e. The fourth-order valence-corrected chi connectivity index (χ4v) is 3.12. The molecule has 7 nitrogen and oxygen atoms in total. The Labute approximate surface area is 166 Å². The van der Waals surface area contributed by atoms with E-state index in [4.69, 9.17) is 14.2 Å². The van der Waals surface area contributed by atoms with E-state index in [1.54, 1.807) is 21.1 Å². The number of methoxy groups -OCH3 is 2. The van der Waals surface area contributed by atoms with Gasteiger partial charge < -0.3 is 19.5 Å². The van der Waals surface area contributed by atoms with E-state index >= 15 is 0 Å². The zero-order valence-electron chi connectivity index (χ0n) is 17.3. The van der Waals surface area contributed by atoms with Crippen molar-refractivity contribution in [1.29, 1.82) is 0 Å². The van der Waals surface area contributed by atoms with E-state index in [2.05, 4.69) is 19.2 Å². The van der Waals surface area contributed by atoms with E-state index in [1.807, 2.05) is 24.3 Å². The quantitative estimate of drug-likeness (QED) is 0.518. The Morgan fingerprint density at radius 3 is 2.32 bits per heavy atom. The van der Waals surface area contributed by atoms with Crippen LogP contribution in [0.5, 0.6) is 0 Å². The van der Waals surface area contributed by atoms with Crippen LogP contribution in [0.25, 0.3) is 0 Å². The molecule has 1 heterocycles. The number of carbonyl (C=O) groups is 2. The second kappa shape index (κ2) is 10.2. The van der Waals surface area contributed by atoms with Crippen molar-refractivity contribution in [2.45, 2.75) is 32.7 Å². The molecule has 0 saturated carbocycles. The predicted octanol–water partition coefficient (Wildman–Crippen LogP) is 2.99. The lowest BCUT2D eigenvalue weighted by atomic mass is 9.92. The number of nitrogens with one attached hydrogen (secondary N) is 1. The van der Waals surface area contributed by atoms with Gasteiger partial charge in [-0.05, 0) is 24.0 Å². The lowest BCUT2D eigenvalue weighted by Gasteiger charge is -2.35. The van der Waals surface area contributed by atoms with Crippen molar-refractivity contribution in [3.63, 3.8) is 0 Å². The van der Waals surface area contributed by atoms with Crippen LogP contribution >= 0.6 is 0 Å². The smallest absolute Gasteiger partial charge is 0.338 e. The van der Waals surface area contributed by atoms with Crippen LogP contribution in [0, 0.1) is 0 Å². The first kappa shape index (κ1) is 21.9. The molecule has 28 heavy (non-hydrogen) atoms. The van der Waals surface area contributed by atoms with Crippen molar-refractivity contribution in [2.75, 3.05) is 40.6 Å². The average molecular weight is 390 g/mol. The standard InChI is InChI=1S/C21H30N2O5/c1-14(2)16-6-8-17(9-7-16)19-18(20(24)28-13-12-27-5)15(3)23(10-11-26-4)21(25)22-19/h6-9,14,19H,10-13H2,1-5H3,(H,22,25). The first-order valence-corrected chi connectivity index (χ1v) is 9.44. The molecule has 154 valence electrons. The third-order valence-corrected chi connectivity index (χ3v) is 4.79. The minimum Gasteiger partial charge on any atom is -0.460 e. The van der Waals surface area contributed by atoms with Gasteiger partial charge in [0.05, 0.1) is 31.4 Å². The molecule has 0 radical (unpaired) electrons. The summed E-state index contributed by atoms with van der Waals surface area (Å²) >= 11 is 0. The van der Waals surface area contributed by atoms with E-state index < -0.39 is 12.0 Å². The molecule has 0 aromatic heterocycles. The predicted molar refractivity (Wildman–Crippen MR) is 106 cm³/mol. The number of esters is 1. The number of carbonyl (C=O) groups excluding carboxylic acids is 2. The number of hydrogen-bond acceptors (Lipinski definition) is 5. The summed E-state index contributed by atoms with van der Waals surface area (Å²) in [6.07, 6.45) is 0. The first-order chi connectivity index (χ1) is 13.4. The second-order valence-electron chi connectivity index (χ2n) is 6.98. The van der Waals surface area contributed by atoms with Crippen LogP contribution in [0.3, 0.4) is 0 Å². The molecule has 1 aliphatic rings. The van der Waals surface area contributed by atoms with Crippen LogP contribution in [0.4, 0.5) is 4.79 Å². The molecule has 1 aromatic carbocycles. The van der Waals surface area contributed by atoms with Crippen LogP contribution in [0.15, 0.2) is 35.5 Å². The summed E-state index contributed by atoms with van der Waals surface area (Å²) < 4.78 is 15.4. The molecule has 0 bridgehead atoms. The zero-order chi connectivity index (χ0) is 20.7. The van der Waals surface area contributed by atoms with Crippen molar-refractivity contribution >= 4 is 12.0 Å². The summed E-state index contributed by atoms with van der Waals surface area (Å²) in [5.74, 6) is -0.0646. The maximum absolute atomic E-state index is 12.8. The summed E-state index contributed by atoms with van der Waals surface area (Å²) in [7, 11) is 3.12. The Balaban J connectivity index is 2.39. The van der Waals surface area contributed by atoms with Gasteiger partial charge in [0.15, 0.2) is 0 Å². The number of rotatable bonds is 9. The van der Waals surface area contributed by atoms with Gasteiger partial charge >= 0.3 is 12.0 Å². The van der Waals surface area contributed by atoms with Gasteiger partial charge in [0.2, 0.25) is 0 Å². The van der Waals surface area contributed by atoms with Crippen molar-refractivity contribution in [1.82, 2.24) is 10.2 Å². The molecule has 2 rings (SSSR count). The van der Waals surface area contributed by atoms with Crippen LogP contribution in [0.1, 0.15) is 43.9 Å². The monoisotopic (exact) mass is 390 g/mol. The number of nitrogens with zero attached hydrogens (tertiary/aromatic N) is 1. The summed E-state index contributed by atoms with van der Waals surface area (Å²) in [5, 5.41) is 2.93. The maximum atomic E-state index is 12.8.